The molecule has 0 bridgehead atoms. The van der Waals surface area contributed by atoms with Gasteiger partial charge in [0.15, 0.2) is 0 Å². The van der Waals surface area contributed by atoms with Crippen molar-refractivity contribution in [3.8, 4) is 0 Å². The topological polar surface area (TPSA) is 114 Å². The van der Waals surface area contributed by atoms with Crippen molar-refractivity contribution in [1.29, 1.82) is 0 Å². The maximum absolute atomic E-state index is 13.4. The molecule has 0 spiro atoms. The molecule has 0 radical (unpaired) electrons. The third kappa shape index (κ3) is 9.10. The van der Waals surface area contributed by atoms with Crippen molar-refractivity contribution in [2.45, 2.75) is 89.9 Å². The quantitative estimate of drug-likeness (QED) is 0.301. The van der Waals surface area contributed by atoms with E-state index in [9.17, 15) is 14.7 Å². The number of benzene rings is 1. The summed E-state index contributed by atoms with van der Waals surface area (Å²) in [5, 5.41) is 30.0. The highest BCUT2D eigenvalue weighted by Crippen LogP contribution is 2.39. The molecule has 8 nitrogen and oxygen atoms in total. The number of hydrogen-bond acceptors (Lipinski definition) is 6. The van der Waals surface area contributed by atoms with Gasteiger partial charge in [0.05, 0.1) is 24.7 Å². The van der Waals surface area contributed by atoms with Crippen LogP contribution in [0.1, 0.15) is 65.4 Å². The molecule has 38 heavy (non-hydrogen) atoms. The predicted molar refractivity (Wildman–Crippen MR) is 150 cm³/mol. The Morgan fingerprint density at radius 1 is 1.13 bits per heavy atom. The number of piperidine rings is 1. The van der Waals surface area contributed by atoms with Crippen LogP contribution in [0.3, 0.4) is 0 Å². The number of nitrogens with zero attached hydrogens (tertiary/aromatic N) is 1. The van der Waals surface area contributed by atoms with Gasteiger partial charge in [0, 0.05) is 24.3 Å². The fraction of sp³-hybridized carbons (Fsp3) is 0.667. The number of carbonyl (C=O) groups is 2. The Hall–Kier alpha value is -2.42. The van der Waals surface area contributed by atoms with Crippen molar-refractivity contribution >= 4 is 11.8 Å². The number of hydrogen-bond donors (Lipinski definition) is 5. The summed E-state index contributed by atoms with van der Waals surface area (Å²) in [6.07, 6.45) is 7.39. The van der Waals surface area contributed by atoms with E-state index in [0.717, 1.165) is 24.2 Å². The lowest BCUT2D eigenvalue weighted by atomic mass is 9.72. The van der Waals surface area contributed by atoms with Crippen LogP contribution < -0.4 is 16.0 Å². The summed E-state index contributed by atoms with van der Waals surface area (Å²) in [7, 11) is 0. The second-order valence-electron chi connectivity index (χ2n) is 12.0. The number of rotatable bonds is 11. The Morgan fingerprint density at radius 3 is 2.45 bits per heavy atom. The van der Waals surface area contributed by atoms with Crippen LogP contribution in [0.4, 0.5) is 0 Å². The predicted octanol–water partition coefficient (Wildman–Crippen LogP) is 2.36. The SMILES string of the molecule is C/C=C(\CNC(=O)CO)NC(Cc1ccccc1)C(O)CN1CC2CCCCC2CC1C(=O)NC(C)(C)C. The average molecular weight is 529 g/mol. The van der Waals surface area contributed by atoms with Crippen LogP contribution in [0, 0.1) is 11.8 Å². The second-order valence-corrected chi connectivity index (χ2v) is 12.0. The van der Waals surface area contributed by atoms with Gasteiger partial charge in [-0.3, -0.25) is 14.5 Å². The van der Waals surface area contributed by atoms with Gasteiger partial charge in [-0.25, -0.2) is 0 Å². The zero-order valence-electron chi connectivity index (χ0n) is 23.6. The standard InChI is InChI=1S/C30H48N4O4/c1-5-24(17-31-28(37)20-35)32-25(15-21-11-7-6-8-12-21)27(36)19-34-18-23-14-10-9-13-22(23)16-26(34)29(38)33-30(2,3)4/h5-8,11-12,22-23,25-27,32,35-36H,9-10,13-20H2,1-4H3,(H,31,37)(H,33,38)/b24-5+. The summed E-state index contributed by atoms with van der Waals surface area (Å²) >= 11 is 0. The molecule has 1 aliphatic heterocycles. The van der Waals surface area contributed by atoms with Gasteiger partial charge in [0.1, 0.15) is 6.61 Å². The normalized spacial score (nSPS) is 24.2. The Labute approximate surface area is 228 Å². The highest BCUT2D eigenvalue weighted by molar-refractivity contribution is 5.82. The number of aliphatic hydroxyl groups is 2. The molecule has 3 rings (SSSR count). The van der Waals surface area contributed by atoms with Gasteiger partial charge in [-0.2, -0.15) is 0 Å². The van der Waals surface area contributed by atoms with Gasteiger partial charge < -0.3 is 26.2 Å². The molecule has 1 aromatic carbocycles. The molecule has 2 amide bonds. The molecule has 5 N–H and O–H groups in total. The Kier molecular flexibility index (Phi) is 11.2. The number of likely N-dealkylation sites (tertiary alicyclic amines) is 1. The van der Waals surface area contributed by atoms with E-state index in [0.29, 0.717) is 24.8 Å². The summed E-state index contributed by atoms with van der Waals surface area (Å²) in [6, 6.07) is 9.43. The molecule has 2 aliphatic rings. The molecule has 212 valence electrons. The monoisotopic (exact) mass is 528 g/mol. The summed E-state index contributed by atoms with van der Waals surface area (Å²) in [4.78, 5) is 27.2. The first-order valence-electron chi connectivity index (χ1n) is 14.2. The number of fused-ring (bicyclic) bond motifs is 1. The van der Waals surface area contributed by atoms with Crippen molar-refractivity contribution in [1.82, 2.24) is 20.9 Å². The molecule has 1 heterocycles. The number of allylic oxidation sites excluding steroid dienone is 1. The number of nitrogens with one attached hydrogen (secondary N) is 3. The molecule has 1 saturated heterocycles. The smallest absolute Gasteiger partial charge is 0.246 e. The number of carbonyl (C=O) groups excluding carboxylic acids is 2. The van der Waals surface area contributed by atoms with Gasteiger partial charge in [-0.05, 0) is 64.4 Å². The van der Waals surface area contributed by atoms with E-state index in [1.165, 1.54) is 25.7 Å². The second kappa shape index (κ2) is 14.1. The highest BCUT2D eigenvalue weighted by Gasteiger charge is 2.41. The van der Waals surface area contributed by atoms with Crippen molar-refractivity contribution in [2.24, 2.45) is 11.8 Å². The van der Waals surface area contributed by atoms with E-state index >= 15 is 0 Å². The minimum Gasteiger partial charge on any atom is -0.390 e. The number of β-amino-alcohol motifs (C(OH)–C–C–N with tert-alkyl or cyclic N) is 1. The molecule has 0 aromatic heterocycles. The lowest BCUT2D eigenvalue weighted by molar-refractivity contribution is -0.132. The molecule has 5 atom stereocenters. The van der Waals surface area contributed by atoms with Crippen LogP contribution in [0.2, 0.25) is 0 Å². The lowest BCUT2D eigenvalue weighted by Gasteiger charge is -2.47. The zero-order chi connectivity index (χ0) is 27.7. The largest absolute Gasteiger partial charge is 0.390 e. The molecule has 5 unspecified atom stereocenters. The molecular weight excluding hydrogens is 480 g/mol. The van der Waals surface area contributed by atoms with Crippen LogP contribution >= 0.6 is 0 Å². The molecular formula is C30H48N4O4. The van der Waals surface area contributed by atoms with Crippen molar-refractivity contribution in [2.75, 3.05) is 26.2 Å². The molecule has 8 heteroatoms. The summed E-state index contributed by atoms with van der Waals surface area (Å²) < 4.78 is 0. The van der Waals surface area contributed by atoms with Crippen LogP contribution in [0.25, 0.3) is 0 Å². The van der Waals surface area contributed by atoms with Gasteiger partial charge in [-0.1, -0.05) is 55.7 Å². The third-order valence-electron chi connectivity index (χ3n) is 7.83. The first-order valence-corrected chi connectivity index (χ1v) is 14.2. The van der Waals surface area contributed by atoms with E-state index in [2.05, 4.69) is 20.9 Å². The minimum absolute atomic E-state index is 0.0437. The van der Waals surface area contributed by atoms with Gasteiger partial charge in [0.2, 0.25) is 11.8 Å². The van der Waals surface area contributed by atoms with E-state index in [1.807, 2.05) is 64.1 Å². The van der Waals surface area contributed by atoms with Gasteiger partial charge in [-0.15, -0.1) is 0 Å². The summed E-state index contributed by atoms with van der Waals surface area (Å²) in [6.45, 7) is 8.76. The summed E-state index contributed by atoms with van der Waals surface area (Å²) in [5.41, 5.74) is 1.54. The van der Waals surface area contributed by atoms with Crippen LogP contribution in [0.5, 0.6) is 0 Å². The van der Waals surface area contributed by atoms with Crippen LogP contribution in [-0.4, -0.2) is 76.9 Å². The van der Waals surface area contributed by atoms with Gasteiger partial charge >= 0.3 is 0 Å². The van der Waals surface area contributed by atoms with Crippen molar-refractivity contribution in [3.05, 3.63) is 47.7 Å². The number of amides is 2. The minimum atomic E-state index is -0.747. The van der Waals surface area contributed by atoms with Crippen molar-refractivity contribution in [3.63, 3.8) is 0 Å². The maximum Gasteiger partial charge on any atom is 0.246 e. The van der Waals surface area contributed by atoms with E-state index in [1.54, 1.807) is 0 Å². The molecule has 1 aromatic rings. The number of aliphatic hydroxyl groups excluding tert-OH is 2. The lowest BCUT2D eigenvalue weighted by Crippen LogP contribution is -2.60. The van der Waals surface area contributed by atoms with E-state index in [4.69, 9.17) is 5.11 Å². The van der Waals surface area contributed by atoms with E-state index in [-0.39, 0.29) is 30.1 Å². The Bertz CT molecular complexity index is 930. The van der Waals surface area contributed by atoms with Crippen LogP contribution in [0.15, 0.2) is 42.1 Å². The zero-order valence-corrected chi connectivity index (χ0v) is 23.6. The third-order valence-corrected chi connectivity index (χ3v) is 7.83. The van der Waals surface area contributed by atoms with E-state index < -0.39 is 18.6 Å². The first kappa shape index (κ1) is 30.1. The average Bonchev–Trinajstić information content (AvgIpc) is 2.89. The van der Waals surface area contributed by atoms with Crippen molar-refractivity contribution < 1.29 is 19.8 Å². The fourth-order valence-electron chi connectivity index (χ4n) is 5.87. The molecule has 1 saturated carbocycles. The molecule has 2 fully saturated rings. The summed E-state index contributed by atoms with van der Waals surface area (Å²) in [5.74, 6) is 0.724. The van der Waals surface area contributed by atoms with Crippen LogP contribution in [-0.2, 0) is 16.0 Å². The highest BCUT2D eigenvalue weighted by atomic mass is 16.3. The molecule has 1 aliphatic carbocycles. The first-order chi connectivity index (χ1) is 18.1. The Morgan fingerprint density at radius 2 is 1.82 bits per heavy atom. The van der Waals surface area contributed by atoms with Gasteiger partial charge in [0.25, 0.3) is 0 Å². The Balaban J connectivity index is 1.78. The maximum atomic E-state index is 13.4. The fourth-order valence-corrected chi connectivity index (χ4v) is 5.87.